The molecule has 1 aromatic heterocycles. The van der Waals surface area contributed by atoms with E-state index < -0.39 is 0 Å². The molecule has 4 heteroatoms. The van der Waals surface area contributed by atoms with E-state index in [0.717, 1.165) is 19.6 Å². The number of piperidine rings is 1. The van der Waals surface area contributed by atoms with Crippen LogP contribution >= 0.6 is 0 Å². The van der Waals surface area contributed by atoms with Crippen LogP contribution in [0.4, 0.5) is 0 Å². The highest BCUT2D eigenvalue weighted by Crippen LogP contribution is 2.24. The van der Waals surface area contributed by atoms with Crippen LogP contribution < -0.4 is 5.73 Å². The Morgan fingerprint density at radius 2 is 2.47 bits per heavy atom. The van der Waals surface area contributed by atoms with Gasteiger partial charge in [-0.05, 0) is 25.5 Å². The SMILES string of the molecule is Cn1ccc([C@@H]2CCCN(CCN)C2)n1. The maximum atomic E-state index is 5.59. The first-order valence-corrected chi connectivity index (χ1v) is 5.71. The van der Waals surface area contributed by atoms with Crippen molar-refractivity contribution in [3.8, 4) is 0 Å². The van der Waals surface area contributed by atoms with Crippen LogP contribution in [-0.4, -0.2) is 40.9 Å². The summed E-state index contributed by atoms with van der Waals surface area (Å²) >= 11 is 0. The maximum Gasteiger partial charge on any atom is 0.0668 e. The highest BCUT2D eigenvalue weighted by molar-refractivity contribution is 5.08. The van der Waals surface area contributed by atoms with Crippen LogP contribution in [-0.2, 0) is 7.05 Å². The maximum absolute atomic E-state index is 5.59. The molecule has 0 aromatic carbocycles. The quantitative estimate of drug-likeness (QED) is 0.789. The van der Waals surface area contributed by atoms with Gasteiger partial charge in [0.1, 0.15) is 0 Å². The van der Waals surface area contributed by atoms with Gasteiger partial charge in [0, 0.05) is 38.8 Å². The van der Waals surface area contributed by atoms with Gasteiger partial charge in [-0.3, -0.25) is 4.68 Å². The molecule has 4 nitrogen and oxygen atoms in total. The van der Waals surface area contributed by atoms with Gasteiger partial charge < -0.3 is 10.6 Å². The molecule has 15 heavy (non-hydrogen) atoms. The summed E-state index contributed by atoms with van der Waals surface area (Å²) in [5, 5.41) is 4.49. The molecule has 0 aliphatic carbocycles. The van der Waals surface area contributed by atoms with Crippen molar-refractivity contribution in [2.45, 2.75) is 18.8 Å². The van der Waals surface area contributed by atoms with Gasteiger partial charge in [0.25, 0.3) is 0 Å². The first kappa shape index (κ1) is 10.6. The fourth-order valence-electron chi connectivity index (χ4n) is 2.33. The van der Waals surface area contributed by atoms with E-state index >= 15 is 0 Å². The molecule has 0 saturated carbocycles. The van der Waals surface area contributed by atoms with Crippen LogP contribution in [0.15, 0.2) is 12.3 Å². The van der Waals surface area contributed by atoms with Gasteiger partial charge in [-0.1, -0.05) is 0 Å². The third-order valence-electron chi connectivity index (χ3n) is 3.10. The van der Waals surface area contributed by atoms with Crippen molar-refractivity contribution in [3.63, 3.8) is 0 Å². The predicted octanol–water partition coefficient (Wildman–Crippen LogP) is 0.558. The minimum Gasteiger partial charge on any atom is -0.329 e. The second-order valence-corrected chi connectivity index (χ2v) is 4.34. The van der Waals surface area contributed by atoms with Crippen molar-refractivity contribution in [3.05, 3.63) is 18.0 Å². The molecule has 0 radical (unpaired) electrons. The zero-order valence-electron chi connectivity index (χ0n) is 9.39. The predicted molar refractivity (Wildman–Crippen MR) is 60.7 cm³/mol. The molecular weight excluding hydrogens is 188 g/mol. The Morgan fingerprint density at radius 1 is 1.60 bits per heavy atom. The van der Waals surface area contributed by atoms with E-state index in [9.17, 15) is 0 Å². The van der Waals surface area contributed by atoms with Crippen molar-refractivity contribution in [2.24, 2.45) is 12.8 Å². The van der Waals surface area contributed by atoms with E-state index in [1.807, 2.05) is 17.9 Å². The van der Waals surface area contributed by atoms with E-state index in [1.165, 1.54) is 25.1 Å². The van der Waals surface area contributed by atoms with Crippen molar-refractivity contribution < 1.29 is 0 Å². The van der Waals surface area contributed by atoms with Crippen LogP contribution in [0.3, 0.4) is 0 Å². The Balaban J connectivity index is 1.98. The molecule has 0 spiro atoms. The number of hydrogen-bond donors (Lipinski definition) is 1. The van der Waals surface area contributed by atoms with Gasteiger partial charge in [0.15, 0.2) is 0 Å². The van der Waals surface area contributed by atoms with Crippen molar-refractivity contribution in [1.82, 2.24) is 14.7 Å². The van der Waals surface area contributed by atoms with Gasteiger partial charge >= 0.3 is 0 Å². The molecule has 1 saturated heterocycles. The van der Waals surface area contributed by atoms with Crippen LogP contribution in [0.2, 0.25) is 0 Å². The standard InChI is InChI=1S/C11H20N4/c1-14-7-4-11(13-14)10-3-2-6-15(9-10)8-5-12/h4,7,10H,2-3,5-6,8-9,12H2,1H3/t10-/m1/s1. The first-order valence-electron chi connectivity index (χ1n) is 5.71. The lowest BCUT2D eigenvalue weighted by Gasteiger charge is -2.31. The largest absolute Gasteiger partial charge is 0.329 e. The van der Waals surface area contributed by atoms with E-state index in [-0.39, 0.29) is 0 Å². The van der Waals surface area contributed by atoms with Gasteiger partial charge in [-0.25, -0.2) is 0 Å². The van der Waals surface area contributed by atoms with Crippen LogP contribution in [0.25, 0.3) is 0 Å². The Morgan fingerprint density at radius 3 is 3.13 bits per heavy atom. The molecule has 1 aliphatic heterocycles. The van der Waals surface area contributed by atoms with E-state index in [0.29, 0.717) is 5.92 Å². The highest BCUT2D eigenvalue weighted by atomic mass is 15.3. The molecule has 84 valence electrons. The Bertz CT molecular complexity index is 305. The summed E-state index contributed by atoms with van der Waals surface area (Å²) in [6.45, 7) is 4.09. The molecule has 0 bridgehead atoms. The van der Waals surface area contributed by atoms with Gasteiger partial charge in [-0.15, -0.1) is 0 Å². The molecule has 1 aliphatic rings. The molecule has 2 heterocycles. The number of nitrogens with zero attached hydrogens (tertiary/aromatic N) is 3. The summed E-state index contributed by atoms with van der Waals surface area (Å²) in [4.78, 5) is 2.45. The Hall–Kier alpha value is -0.870. The summed E-state index contributed by atoms with van der Waals surface area (Å²) < 4.78 is 1.89. The van der Waals surface area contributed by atoms with Crippen LogP contribution in [0.1, 0.15) is 24.5 Å². The fourth-order valence-corrected chi connectivity index (χ4v) is 2.33. The zero-order chi connectivity index (χ0) is 10.7. The average Bonchev–Trinajstić information content (AvgIpc) is 2.66. The van der Waals surface area contributed by atoms with Gasteiger partial charge in [0.2, 0.25) is 0 Å². The molecule has 1 fully saturated rings. The normalized spacial score (nSPS) is 23.2. The van der Waals surface area contributed by atoms with Crippen molar-refractivity contribution in [2.75, 3.05) is 26.2 Å². The molecule has 1 atom stereocenters. The van der Waals surface area contributed by atoms with E-state index in [4.69, 9.17) is 5.73 Å². The lowest BCUT2D eigenvalue weighted by molar-refractivity contribution is 0.211. The fraction of sp³-hybridized carbons (Fsp3) is 0.727. The van der Waals surface area contributed by atoms with Crippen molar-refractivity contribution >= 4 is 0 Å². The van der Waals surface area contributed by atoms with Gasteiger partial charge in [0.05, 0.1) is 5.69 Å². The molecule has 1 aromatic rings. The molecular formula is C11H20N4. The summed E-state index contributed by atoms with van der Waals surface area (Å²) in [6.07, 6.45) is 4.55. The number of aryl methyl sites for hydroxylation is 1. The third kappa shape index (κ3) is 2.58. The summed E-state index contributed by atoms with van der Waals surface area (Å²) in [6, 6.07) is 2.14. The monoisotopic (exact) mass is 208 g/mol. The smallest absolute Gasteiger partial charge is 0.0668 e. The van der Waals surface area contributed by atoms with E-state index in [2.05, 4.69) is 16.1 Å². The van der Waals surface area contributed by atoms with Crippen LogP contribution in [0.5, 0.6) is 0 Å². The minimum atomic E-state index is 0.603. The lowest BCUT2D eigenvalue weighted by Crippen LogP contribution is -2.37. The second-order valence-electron chi connectivity index (χ2n) is 4.34. The van der Waals surface area contributed by atoms with Gasteiger partial charge in [-0.2, -0.15) is 5.10 Å². The second kappa shape index (κ2) is 4.77. The first-order chi connectivity index (χ1) is 7.29. The van der Waals surface area contributed by atoms with E-state index in [1.54, 1.807) is 0 Å². The zero-order valence-corrected chi connectivity index (χ0v) is 9.39. The third-order valence-corrected chi connectivity index (χ3v) is 3.10. The number of rotatable bonds is 3. The number of hydrogen-bond acceptors (Lipinski definition) is 3. The topological polar surface area (TPSA) is 47.1 Å². The highest BCUT2D eigenvalue weighted by Gasteiger charge is 2.22. The minimum absolute atomic E-state index is 0.603. The lowest BCUT2D eigenvalue weighted by atomic mass is 9.95. The molecule has 2 N–H and O–H groups in total. The Kier molecular flexibility index (Phi) is 3.38. The molecule has 2 rings (SSSR count). The number of aromatic nitrogens is 2. The summed E-state index contributed by atoms with van der Waals surface area (Å²) in [5.41, 5.74) is 6.82. The average molecular weight is 208 g/mol. The molecule has 0 unspecified atom stereocenters. The summed E-state index contributed by atoms with van der Waals surface area (Å²) in [7, 11) is 1.98. The number of nitrogens with two attached hydrogens (primary N) is 1. The molecule has 0 amide bonds. The number of likely N-dealkylation sites (tertiary alicyclic amines) is 1. The summed E-state index contributed by atoms with van der Waals surface area (Å²) in [5.74, 6) is 0.603. The Labute approximate surface area is 91.1 Å². The van der Waals surface area contributed by atoms with Crippen molar-refractivity contribution in [1.29, 1.82) is 0 Å². The van der Waals surface area contributed by atoms with Crippen LogP contribution in [0, 0.1) is 0 Å².